The van der Waals surface area contributed by atoms with Gasteiger partial charge in [-0.2, -0.15) is 4.39 Å². The maximum atomic E-state index is 14.6. The van der Waals surface area contributed by atoms with Crippen molar-refractivity contribution in [1.29, 1.82) is 0 Å². The first-order chi connectivity index (χ1) is 13.4. The van der Waals surface area contributed by atoms with Crippen LogP contribution < -0.4 is 4.74 Å². The summed E-state index contributed by atoms with van der Waals surface area (Å²) in [5, 5.41) is 0. The van der Waals surface area contributed by atoms with Gasteiger partial charge in [-0.25, -0.2) is 13.2 Å². The molecule has 0 aliphatic rings. The normalized spacial score (nSPS) is 11.1. The lowest BCUT2D eigenvalue weighted by atomic mass is 10.0. The predicted octanol–water partition coefficient (Wildman–Crippen LogP) is 7.52. The minimum Gasteiger partial charge on any atom is -0.490 e. The molecule has 3 aromatic rings. The highest BCUT2D eigenvalue weighted by atomic mass is 32.1. The Balaban J connectivity index is 1.93. The third kappa shape index (κ3) is 4.07. The summed E-state index contributed by atoms with van der Waals surface area (Å²) in [6, 6.07) is 8.60. The van der Waals surface area contributed by atoms with Crippen molar-refractivity contribution < 1.29 is 22.3 Å². The molecule has 0 aliphatic carbocycles. The number of hydrogen-bond donors (Lipinski definition) is 0. The number of benzene rings is 2. The lowest BCUT2D eigenvalue weighted by Crippen LogP contribution is -2.02. The van der Waals surface area contributed by atoms with Gasteiger partial charge >= 0.3 is 0 Å². The third-order valence-electron chi connectivity index (χ3n) is 4.43. The van der Waals surface area contributed by atoms with Crippen LogP contribution in [0.15, 0.2) is 36.4 Å². The highest BCUT2D eigenvalue weighted by Gasteiger charge is 2.22. The van der Waals surface area contributed by atoms with Crippen molar-refractivity contribution in [1.82, 2.24) is 0 Å². The molecule has 0 saturated carbocycles. The molecule has 0 unspecified atom stereocenters. The largest absolute Gasteiger partial charge is 0.490 e. The number of hydrogen-bond acceptors (Lipinski definition) is 2. The van der Waals surface area contributed by atoms with Gasteiger partial charge in [-0.05, 0) is 43.7 Å². The summed E-state index contributed by atoms with van der Waals surface area (Å²) in [5.41, 5.74) is -0.580. The van der Waals surface area contributed by atoms with E-state index in [0.717, 1.165) is 24.1 Å². The highest BCUT2D eigenvalue weighted by molar-refractivity contribution is 7.15. The second-order valence-electron chi connectivity index (χ2n) is 6.49. The van der Waals surface area contributed by atoms with E-state index in [4.69, 9.17) is 4.74 Å². The fourth-order valence-electron chi connectivity index (χ4n) is 2.91. The van der Waals surface area contributed by atoms with E-state index in [9.17, 15) is 17.6 Å². The van der Waals surface area contributed by atoms with Gasteiger partial charge in [0.15, 0.2) is 23.2 Å². The molecule has 6 heteroatoms. The Morgan fingerprint density at radius 2 is 1.36 bits per heavy atom. The van der Waals surface area contributed by atoms with Crippen LogP contribution in [-0.2, 0) is 0 Å². The van der Waals surface area contributed by atoms with Gasteiger partial charge in [0, 0.05) is 26.4 Å². The second-order valence-corrected chi connectivity index (χ2v) is 7.78. The van der Waals surface area contributed by atoms with Crippen LogP contribution in [0.1, 0.15) is 31.1 Å². The van der Waals surface area contributed by atoms with Crippen molar-refractivity contribution in [2.24, 2.45) is 0 Å². The van der Waals surface area contributed by atoms with E-state index in [1.54, 1.807) is 12.1 Å². The highest BCUT2D eigenvalue weighted by Crippen LogP contribution is 2.37. The van der Waals surface area contributed by atoms with Gasteiger partial charge in [-0.15, -0.1) is 11.3 Å². The molecule has 3 rings (SSSR count). The average molecular weight is 408 g/mol. The molecule has 1 aromatic heterocycles. The van der Waals surface area contributed by atoms with Gasteiger partial charge < -0.3 is 4.74 Å². The number of rotatable bonds is 7. The van der Waals surface area contributed by atoms with Crippen LogP contribution in [-0.4, -0.2) is 6.61 Å². The van der Waals surface area contributed by atoms with E-state index in [1.807, 2.05) is 13.8 Å². The molecule has 0 N–H and O–H groups in total. The van der Waals surface area contributed by atoms with E-state index in [-0.39, 0.29) is 29.0 Å². The molecule has 0 amide bonds. The van der Waals surface area contributed by atoms with Crippen molar-refractivity contribution in [2.45, 2.75) is 33.1 Å². The van der Waals surface area contributed by atoms with Crippen LogP contribution in [0.25, 0.3) is 21.6 Å². The molecular weight excluding hydrogens is 388 g/mol. The zero-order valence-electron chi connectivity index (χ0n) is 15.6. The summed E-state index contributed by atoms with van der Waals surface area (Å²) in [6.45, 7) is 4.15. The van der Waals surface area contributed by atoms with Gasteiger partial charge in [0.2, 0.25) is 5.82 Å². The average Bonchev–Trinajstić information content (AvgIpc) is 3.11. The van der Waals surface area contributed by atoms with Crippen molar-refractivity contribution in [3.63, 3.8) is 0 Å². The Hall–Kier alpha value is -2.34. The number of thiophene rings is 1. The molecule has 2 aromatic carbocycles. The molecule has 0 spiro atoms. The topological polar surface area (TPSA) is 9.23 Å². The summed E-state index contributed by atoms with van der Waals surface area (Å²) in [4.78, 5) is 1.53. The number of unbranched alkanes of at least 4 members (excludes halogenated alkanes) is 2. The maximum absolute atomic E-state index is 14.6. The van der Waals surface area contributed by atoms with Crippen LogP contribution >= 0.6 is 11.3 Å². The summed E-state index contributed by atoms with van der Waals surface area (Å²) in [7, 11) is 0. The van der Waals surface area contributed by atoms with Crippen molar-refractivity contribution in [3.05, 3.63) is 64.5 Å². The lowest BCUT2D eigenvalue weighted by molar-refractivity contribution is 0.286. The summed E-state index contributed by atoms with van der Waals surface area (Å²) in [6.07, 6.45) is 2.62. The van der Waals surface area contributed by atoms with Gasteiger partial charge in [0.05, 0.1) is 6.61 Å². The van der Waals surface area contributed by atoms with Crippen molar-refractivity contribution in [2.75, 3.05) is 6.61 Å². The molecule has 0 aliphatic heterocycles. The predicted molar refractivity (Wildman–Crippen MR) is 105 cm³/mol. The van der Waals surface area contributed by atoms with Gasteiger partial charge in [0.25, 0.3) is 0 Å². The minimum absolute atomic E-state index is 0.0936. The van der Waals surface area contributed by atoms with E-state index < -0.39 is 23.3 Å². The first-order valence-corrected chi connectivity index (χ1v) is 9.91. The van der Waals surface area contributed by atoms with Crippen molar-refractivity contribution >= 4 is 11.3 Å². The monoisotopic (exact) mass is 408 g/mol. The van der Waals surface area contributed by atoms with Gasteiger partial charge in [-0.1, -0.05) is 25.8 Å². The lowest BCUT2D eigenvalue weighted by Gasteiger charge is -2.12. The Bertz CT molecular complexity index is 981. The number of ether oxygens (including phenoxy) is 1. The van der Waals surface area contributed by atoms with Crippen LogP contribution in [0.2, 0.25) is 0 Å². The fourth-order valence-corrected chi connectivity index (χ4v) is 3.80. The molecule has 0 saturated heterocycles. The summed E-state index contributed by atoms with van der Waals surface area (Å²) >= 11 is 1.33. The Morgan fingerprint density at radius 3 is 2.00 bits per heavy atom. The SMILES string of the molecule is CCCCCOc1ccc(-c2ccc(-c3ccc(C)s3)c(F)c2F)c(F)c1F. The van der Waals surface area contributed by atoms with Crippen LogP contribution in [0.3, 0.4) is 0 Å². The molecule has 1 heterocycles. The van der Waals surface area contributed by atoms with Gasteiger partial charge in [0.1, 0.15) is 0 Å². The molecule has 0 fully saturated rings. The third-order valence-corrected chi connectivity index (χ3v) is 5.46. The fraction of sp³-hybridized carbons (Fsp3) is 0.273. The first kappa shape index (κ1) is 20.4. The zero-order valence-corrected chi connectivity index (χ0v) is 16.4. The summed E-state index contributed by atoms with van der Waals surface area (Å²) < 4.78 is 63.3. The van der Waals surface area contributed by atoms with E-state index in [0.29, 0.717) is 4.88 Å². The molecule has 28 heavy (non-hydrogen) atoms. The summed E-state index contributed by atoms with van der Waals surface area (Å²) in [5.74, 6) is -4.99. The van der Waals surface area contributed by atoms with Crippen LogP contribution in [0.4, 0.5) is 17.6 Å². The molecular formula is C22H20F4OS. The number of halogens is 4. The molecule has 1 nitrogen and oxygen atoms in total. The van der Waals surface area contributed by atoms with Crippen LogP contribution in [0.5, 0.6) is 5.75 Å². The molecule has 0 radical (unpaired) electrons. The zero-order chi connectivity index (χ0) is 20.3. The van der Waals surface area contributed by atoms with Gasteiger partial charge in [-0.3, -0.25) is 0 Å². The van der Waals surface area contributed by atoms with E-state index in [1.165, 1.54) is 35.6 Å². The standard InChI is InChI=1S/C22H20F4OS/c1-3-4-5-12-27-17-10-9-15(20(24)22(17)26)14-7-8-16(21(25)19(14)23)18-11-6-13(2)28-18/h6-11H,3-5,12H2,1-2H3. The number of aryl methyl sites for hydroxylation is 1. The molecule has 0 bridgehead atoms. The Labute approximate surface area is 165 Å². The van der Waals surface area contributed by atoms with Crippen LogP contribution in [0, 0.1) is 30.2 Å². The smallest absolute Gasteiger partial charge is 0.201 e. The molecule has 0 atom stereocenters. The molecule has 148 valence electrons. The minimum atomic E-state index is -1.26. The first-order valence-electron chi connectivity index (χ1n) is 9.10. The van der Waals surface area contributed by atoms with Crippen molar-refractivity contribution in [3.8, 4) is 27.3 Å². The quantitative estimate of drug-likeness (QED) is 0.290. The van der Waals surface area contributed by atoms with E-state index in [2.05, 4.69) is 0 Å². The Kier molecular flexibility index (Phi) is 6.39. The van der Waals surface area contributed by atoms with E-state index >= 15 is 0 Å². The Morgan fingerprint density at radius 1 is 0.750 bits per heavy atom. The second kappa shape index (κ2) is 8.78. The maximum Gasteiger partial charge on any atom is 0.201 e.